The quantitative estimate of drug-likeness (QED) is 0.584. The van der Waals surface area contributed by atoms with Gasteiger partial charge in [0.2, 0.25) is 0 Å². The van der Waals surface area contributed by atoms with Gasteiger partial charge >= 0.3 is 5.97 Å². The van der Waals surface area contributed by atoms with Gasteiger partial charge in [-0.05, 0) is 12.1 Å². The summed E-state index contributed by atoms with van der Waals surface area (Å²) < 4.78 is 6.00. The number of hydrogen-bond donors (Lipinski definition) is 0. The summed E-state index contributed by atoms with van der Waals surface area (Å²) in [5.74, 6) is 5.43. The van der Waals surface area contributed by atoms with Gasteiger partial charge in [-0.2, -0.15) is 0 Å². The van der Waals surface area contributed by atoms with Gasteiger partial charge in [0.25, 0.3) is 5.82 Å². The Morgan fingerprint density at radius 2 is 2.17 bits per heavy atom. The van der Waals surface area contributed by atoms with Crippen LogP contribution in [-0.4, -0.2) is 27.8 Å². The number of carbonyl (C=O) groups is 1. The molecular weight excluding hydrogens is 230 g/mol. The van der Waals surface area contributed by atoms with Crippen molar-refractivity contribution in [2.75, 3.05) is 7.11 Å². The van der Waals surface area contributed by atoms with Crippen molar-refractivity contribution in [2.24, 2.45) is 0 Å². The number of ether oxygens (including phenoxy) is 1. The molecule has 0 aliphatic carbocycles. The Balaban J connectivity index is 2.01. The van der Waals surface area contributed by atoms with Gasteiger partial charge in [0.15, 0.2) is 0 Å². The molecule has 2 aromatic rings. The SMILES string of the molecule is COC(=O)c1ncn(CC#Cc2ccccc2)n1. The second-order valence-corrected chi connectivity index (χ2v) is 3.43. The average molecular weight is 241 g/mol. The average Bonchev–Trinajstić information content (AvgIpc) is 2.88. The first-order valence-corrected chi connectivity index (χ1v) is 5.31. The fourth-order valence-corrected chi connectivity index (χ4v) is 1.30. The zero-order chi connectivity index (χ0) is 12.8. The molecule has 0 unspecified atom stereocenters. The summed E-state index contributed by atoms with van der Waals surface area (Å²) in [6.45, 7) is 0.374. The molecule has 0 amide bonds. The Bertz CT molecular complexity index is 593. The number of hydrogen-bond acceptors (Lipinski definition) is 4. The summed E-state index contributed by atoms with van der Waals surface area (Å²) in [6.07, 6.45) is 1.45. The topological polar surface area (TPSA) is 57.0 Å². The minimum atomic E-state index is -0.551. The highest BCUT2D eigenvalue weighted by Crippen LogP contribution is 1.95. The first kappa shape index (κ1) is 11.9. The predicted octanol–water partition coefficient (Wildman–Crippen LogP) is 1.12. The molecule has 0 radical (unpaired) electrons. The first-order valence-electron chi connectivity index (χ1n) is 5.31. The van der Waals surface area contributed by atoms with Crippen LogP contribution < -0.4 is 0 Å². The lowest BCUT2D eigenvalue weighted by Crippen LogP contribution is -2.05. The summed E-state index contributed by atoms with van der Waals surface area (Å²) >= 11 is 0. The van der Waals surface area contributed by atoms with Crippen molar-refractivity contribution >= 4 is 5.97 Å². The molecule has 18 heavy (non-hydrogen) atoms. The van der Waals surface area contributed by atoms with E-state index in [-0.39, 0.29) is 5.82 Å². The van der Waals surface area contributed by atoms with Crippen molar-refractivity contribution in [1.29, 1.82) is 0 Å². The third-order valence-corrected chi connectivity index (χ3v) is 2.15. The fourth-order valence-electron chi connectivity index (χ4n) is 1.30. The van der Waals surface area contributed by atoms with E-state index in [1.54, 1.807) is 0 Å². The Labute approximate surface area is 104 Å². The Morgan fingerprint density at radius 3 is 2.89 bits per heavy atom. The van der Waals surface area contributed by atoms with Gasteiger partial charge in [-0.15, -0.1) is 5.10 Å². The second-order valence-electron chi connectivity index (χ2n) is 3.43. The van der Waals surface area contributed by atoms with Crippen LogP contribution in [-0.2, 0) is 11.3 Å². The lowest BCUT2D eigenvalue weighted by molar-refractivity contribution is 0.0586. The highest BCUT2D eigenvalue weighted by atomic mass is 16.5. The van der Waals surface area contributed by atoms with Gasteiger partial charge in [0.1, 0.15) is 12.9 Å². The summed E-state index contributed by atoms with van der Waals surface area (Å²) in [7, 11) is 1.29. The summed E-state index contributed by atoms with van der Waals surface area (Å²) in [6, 6.07) is 9.64. The van der Waals surface area contributed by atoms with E-state index in [4.69, 9.17) is 0 Å². The van der Waals surface area contributed by atoms with Crippen molar-refractivity contribution in [3.05, 3.63) is 48.0 Å². The standard InChI is InChI=1S/C13H11N3O2/c1-18-13(17)12-14-10-16(15-12)9-5-8-11-6-3-2-4-7-11/h2-4,6-7,10H,9H2,1H3. The van der Waals surface area contributed by atoms with E-state index in [1.165, 1.54) is 18.1 Å². The maximum Gasteiger partial charge on any atom is 0.377 e. The number of nitrogens with zero attached hydrogens (tertiary/aromatic N) is 3. The Hall–Kier alpha value is -2.61. The van der Waals surface area contributed by atoms with E-state index in [2.05, 4.69) is 26.7 Å². The third kappa shape index (κ3) is 2.95. The maximum atomic E-state index is 11.1. The van der Waals surface area contributed by atoms with Crippen LogP contribution in [0.3, 0.4) is 0 Å². The van der Waals surface area contributed by atoms with Crippen molar-refractivity contribution in [3.63, 3.8) is 0 Å². The zero-order valence-electron chi connectivity index (χ0n) is 9.83. The van der Waals surface area contributed by atoms with E-state index in [9.17, 15) is 4.79 Å². The van der Waals surface area contributed by atoms with E-state index < -0.39 is 5.97 Å². The van der Waals surface area contributed by atoms with Crippen molar-refractivity contribution in [3.8, 4) is 11.8 Å². The van der Waals surface area contributed by atoms with Crippen LogP contribution in [0.5, 0.6) is 0 Å². The van der Waals surface area contributed by atoms with E-state index in [0.29, 0.717) is 6.54 Å². The maximum absolute atomic E-state index is 11.1. The molecule has 2 rings (SSSR count). The highest BCUT2D eigenvalue weighted by molar-refractivity contribution is 5.84. The van der Waals surface area contributed by atoms with Crippen LogP contribution in [0.25, 0.3) is 0 Å². The zero-order valence-corrected chi connectivity index (χ0v) is 9.83. The molecular formula is C13H11N3O2. The predicted molar refractivity (Wildman–Crippen MR) is 64.7 cm³/mol. The van der Waals surface area contributed by atoms with Gasteiger partial charge in [0.05, 0.1) is 7.11 Å². The molecule has 1 aromatic carbocycles. The molecule has 0 atom stereocenters. The fraction of sp³-hybridized carbons (Fsp3) is 0.154. The molecule has 1 heterocycles. The summed E-state index contributed by atoms with van der Waals surface area (Å²) in [5.41, 5.74) is 0.936. The van der Waals surface area contributed by atoms with Crippen LogP contribution in [0.15, 0.2) is 36.7 Å². The molecule has 0 fully saturated rings. The van der Waals surface area contributed by atoms with Crippen molar-refractivity contribution in [1.82, 2.24) is 14.8 Å². The van der Waals surface area contributed by atoms with Crippen LogP contribution in [0.4, 0.5) is 0 Å². The highest BCUT2D eigenvalue weighted by Gasteiger charge is 2.10. The number of benzene rings is 1. The number of rotatable bonds is 2. The van der Waals surface area contributed by atoms with Crippen LogP contribution in [0.1, 0.15) is 16.2 Å². The van der Waals surface area contributed by atoms with E-state index in [1.807, 2.05) is 30.3 Å². The van der Waals surface area contributed by atoms with Crippen LogP contribution in [0.2, 0.25) is 0 Å². The molecule has 0 spiro atoms. The monoisotopic (exact) mass is 241 g/mol. The van der Waals surface area contributed by atoms with Gasteiger partial charge in [-0.3, -0.25) is 0 Å². The van der Waals surface area contributed by atoms with Crippen LogP contribution in [0, 0.1) is 11.8 Å². The minimum absolute atomic E-state index is 0.0408. The molecule has 5 nitrogen and oxygen atoms in total. The Kier molecular flexibility index (Phi) is 3.72. The summed E-state index contributed by atoms with van der Waals surface area (Å²) in [5, 5.41) is 3.94. The normalized spacial score (nSPS) is 9.39. The van der Waals surface area contributed by atoms with Gasteiger partial charge in [-0.25, -0.2) is 14.5 Å². The van der Waals surface area contributed by atoms with E-state index >= 15 is 0 Å². The van der Waals surface area contributed by atoms with Crippen LogP contribution >= 0.6 is 0 Å². The minimum Gasteiger partial charge on any atom is -0.463 e. The molecule has 90 valence electrons. The lowest BCUT2D eigenvalue weighted by Gasteiger charge is -1.92. The van der Waals surface area contributed by atoms with Gasteiger partial charge < -0.3 is 4.74 Å². The molecule has 0 bridgehead atoms. The molecule has 0 saturated heterocycles. The molecule has 0 aliphatic rings. The first-order chi connectivity index (χ1) is 8.79. The molecule has 0 aliphatic heterocycles. The smallest absolute Gasteiger partial charge is 0.377 e. The van der Waals surface area contributed by atoms with Gasteiger partial charge in [-0.1, -0.05) is 30.0 Å². The number of aromatic nitrogens is 3. The van der Waals surface area contributed by atoms with Crippen molar-refractivity contribution in [2.45, 2.75) is 6.54 Å². The number of methoxy groups -OCH3 is 1. The number of esters is 1. The lowest BCUT2D eigenvalue weighted by atomic mass is 10.2. The summed E-state index contributed by atoms with van der Waals surface area (Å²) in [4.78, 5) is 14.9. The Morgan fingerprint density at radius 1 is 1.39 bits per heavy atom. The number of carbonyl (C=O) groups excluding carboxylic acids is 1. The van der Waals surface area contributed by atoms with Gasteiger partial charge in [0, 0.05) is 5.56 Å². The van der Waals surface area contributed by atoms with Crippen molar-refractivity contribution < 1.29 is 9.53 Å². The molecule has 0 saturated carbocycles. The van der Waals surface area contributed by atoms with E-state index in [0.717, 1.165) is 5.56 Å². The molecule has 5 heteroatoms. The largest absolute Gasteiger partial charge is 0.463 e. The molecule has 0 N–H and O–H groups in total. The second kappa shape index (κ2) is 5.64. The molecule has 1 aromatic heterocycles. The third-order valence-electron chi connectivity index (χ3n) is 2.15.